The topological polar surface area (TPSA) is 71.1 Å². The second-order valence-corrected chi connectivity index (χ2v) is 8.76. The molecule has 3 aliphatic heterocycles. The first-order chi connectivity index (χ1) is 12.6. The van der Waals surface area contributed by atoms with Crippen LogP contribution in [0, 0.1) is 17.8 Å². The highest BCUT2D eigenvalue weighted by Gasteiger charge is 2.57. The second-order valence-electron chi connectivity index (χ2n) is 8.76. The van der Waals surface area contributed by atoms with Crippen molar-refractivity contribution in [2.75, 3.05) is 6.61 Å². The van der Waals surface area contributed by atoms with Gasteiger partial charge in [0, 0.05) is 30.9 Å². The molecule has 3 rings (SSSR count). The van der Waals surface area contributed by atoms with Crippen molar-refractivity contribution in [3.63, 3.8) is 0 Å². The summed E-state index contributed by atoms with van der Waals surface area (Å²) in [4.78, 5) is 24.6. The lowest BCUT2D eigenvalue weighted by molar-refractivity contribution is -0.275. The van der Waals surface area contributed by atoms with Crippen LogP contribution in [0.4, 0.5) is 0 Å². The number of fused-ring (bicyclic) bond motifs is 3. The average Bonchev–Trinajstić information content (AvgIpc) is 3.05. The molecular formula is C21H32O6. The zero-order valence-corrected chi connectivity index (χ0v) is 17.1. The molecule has 27 heavy (non-hydrogen) atoms. The quantitative estimate of drug-likeness (QED) is 0.550. The Kier molecular flexibility index (Phi) is 5.43. The summed E-state index contributed by atoms with van der Waals surface area (Å²) in [6.07, 6.45) is 1.78. The molecule has 0 unspecified atom stereocenters. The van der Waals surface area contributed by atoms with Crippen molar-refractivity contribution in [1.29, 1.82) is 0 Å². The highest BCUT2D eigenvalue weighted by atomic mass is 16.7. The largest absolute Gasteiger partial charge is 0.461 e. The molecule has 2 bridgehead atoms. The van der Waals surface area contributed by atoms with Crippen LogP contribution in [0.15, 0.2) is 12.2 Å². The van der Waals surface area contributed by atoms with Gasteiger partial charge in [0.15, 0.2) is 5.79 Å². The fraction of sp³-hybridized carbons (Fsp3) is 0.810. The number of hydrogen-bond donors (Lipinski definition) is 0. The molecule has 6 nitrogen and oxygen atoms in total. The van der Waals surface area contributed by atoms with Gasteiger partial charge >= 0.3 is 11.9 Å². The van der Waals surface area contributed by atoms with Crippen LogP contribution in [-0.2, 0) is 28.5 Å². The molecule has 152 valence electrons. The molecule has 0 aromatic carbocycles. The molecule has 6 heteroatoms. The summed E-state index contributed by atoms with van der Waals surface area (Å²) < 4.78 is 24.1. The molecule has 0 N–H and O–H groups in total. The van der Waals surface area contributed by atoms with Crippen LogP contribution in [-0.4, -0.2) is 42.1 Å². The van der Waals surface area contributed by atoms with Crippen LogP contribution < -0.4 is 0 Å². The molecule has 0 amide bonds. The predicted molar refractivity (Wildman–Crippen MR) is 98.7 cm³/mol. The van der Waals surface area contributed by atoms with Gasteiger partial charge in [-0.25, -0.2) is 4.79 Å². The van der Waals surface area contributed by atoms with E-state index in [-0.39, 0.29) is 29.8 Å². The number of carbonyl (C=O) groups is 2. The minimum absolute atomic E-state index is 0.0324. The van der Waals surface area contributed by atoms with E-state index in [1.807, 2.05) is 13.8 Å². The molecule has 6 atom stereocenters. The Hall–Kier alpha value is -1.40. The SMILES string of the molecule is C=C1C(=O)O[C@@H]2C[C@H](C)[C@@]3(OCC)CC[C@@](C)(C[C@@H](OC(=O)C(C)C)[C@@H]12)O3. The van der Waals surface area contributed by atoms with Crippen LogP contribution in [0.3, 0.4) is 0 Å². The molecule has 0 saturated carbocycles. The van der Waals surface area contributed by atoms with Gasteiger partial charge in [0.1, 0.15) is 12.2 Å². The molecule has 3 heterocycles. The average molecular weight is 380 g/mol. The van der Waals surface area contributed by atoms with E-state index in [0.717, 1.165) is 12.8 Å². The van der Waals surface area contributed by atoms with E-state index in [1.165, 1.54) is 0 Å². The summed E-state index contributed by atoms with van der Waals surface area (Å²) in [5.74, 6) is -1.93. The maximum absolute atomic E-state index is 12.4. The van der Waals surface area contributed by atoms with Crippen molar-refractivity contribution in [1.82, 2.24) is 0 Å². The summed E-state index contributed by atoms with van der Waals surface area (Å²) in [6.45, 7) is 14.2. The van der Waals surface area contributed by atoms with Crippen molar-refractivity contribution in [2.24, 2.45) is 17.8 Å². The molecule has 3 fully saturated rings. The lowest BCUT2D eigenvalue weighted by atomic mass is 9.78. The van der Waals surface area contributed by atoms with Crippen molar-refractivity contribution in [2.45, 2.75) is 83.9 Å². The van der Waals surface area contributed by atoms with E-state index >= 15 is 0 Å². The fourth-order valence-electron chi connectivity index (χ4n) is 4.72. The van der Waals surface area contributed by atoms with Crippen molar-refractivity contribution >= 4 is 11.9 Å². The van der Waals surface area contributed by atoms with Gasteiger partial charge in [-0.05, 0) is 26.7 Å². The maximum atomic E-state index is 12.4. The number of carbonyl (C=O) groups excluding carboxylic acids is 2. The maximum Gasteiger partial charge on any atom is 0.334 e. The van der Waals surface area contributed by atoms with Gasteiger partial charge in [-0.2, -0.15) is 0 Å². The summed E-state index contributed by atoms with van der Waals surface area (Å²) in [6, 6.07) is 0. The Morgan fingerprint density at radius 1 is 1.37 bits per heavy atom. The third-order valence-electron chi connectivity index (χ3n) is 6.24. The van der Waals surface area contributed by atoms with E-state index in [9.17, 15) is 9.59 Å². The first-order valence-corrected chi connectivity index (χ1v) is 10.0. The van der Waals surface area contributed by atoms with E-state index < -0.39 is 23.5 Å². The van der Waals surface area contributed by atoms with E-state index in [1.54, 1.807) is 13.8 Å². The lowest BCUT2D eigenvalue weighted by Gasteiger charge is -2.37. The summed E-state index contributed by atoms with van der Waals surface area (Å²) in [7, 11) is 0. The Balaban J connectivity index is 1.98. The first-order valence-electron chi connectivity index (χ1n) is 10.0. The number of hydrogen-bond acceptors (Lipinski definition) is 6. The van der Waals surface area contributed by atoms with Gasteiger partial charge in [0.2, 0.25) is 0 Å². The van der Waals surface area contributed by atoms with E-state index in [4.69, 9.17) is 18.9 Å². The van der Waals surface area contributed by atoms with Crippen LogP contribution in [0.2, 0.25) is 0 Å². The highest BCUT2D eigenvalue weighted by molar-refractivity contribution is 5.91. The van der Waals surface area contributed by atoms with Crippen LogP contribution >= 0.6 is 0 Å². The number of esters is 2. The standard InChI is InChI=1S/C21H32O6/c1-7-24-21-9-8-20(6,27-21)11-16(26-18(22)12(2)3)17-14(5)19(23)25-15(17)10-13(21)4/h12-13,15-17H,5,7-11H2,1-4,6H3/t13-,15+,16+,17-,20-,21+/m0/s1. The molecular weight excluding hydrogens is 348 g/mol. The monoisotopic (exact) mass is 380 g/mol. The minimum atomic E-state index is -0.693. The van der Waals surface area contributed by atoms with Crippen molar-refractivity contribution in [3.8, 4) is 0 Å². The zero-order chi connectivity index (χ0) is 20.0. The van der Waals surface area contributed by atoms with Crippen LogP contribution in [0.1, 0.15) is 60.3 Å². The summed E-state index contributed by atoms with van der Waals surface area (Å²) >= 11 is 0. The first kappa shape index (κ1) is 20.3. The molecule has 0 aromatic rings. The van der Waals surface area contributed by atoms with Crippen molar-refractivity contribution < 1.29 is 28.5 Å². The van der Waals surface area contributed by atoms with E-state index in [0.29, 0.717) is 25.0 Å². The minimum Gasteiger partial charge on any atom is -0.461 e. The third kappa shape index (κ3) is 3.66. The normalized spacial score (nSPS) is 41.6. The number of rotatable bonds is 4. The van der Waals surface area contributed by atoms with Gasteiger partial charge < -0.3 is 18.9 Å². The molecule has 3 saturated heterocycles. The Labute approximate surface area is 161 Å². The summed E-state index contributed by atoms with van der Waals surface area (Å²) in [5, 5.41) is 0. The fourth-order valence-corrected chi connectivity index (χ4v) is 4.72. The third-order valence-corrected chi connectivity index (χ3v) is 6.24. The van der Waals surface area contributed by atoms with Crippen LogP contribution in [0.25, 0.3) is 0 Å². The number of ether oxygens (including phenoxy) is 4. The second kappa shape index (κ2) is 7.21. The van der Waals surface area contributed by atoms with Crippen LogP contribution in [0.5, 0.6) is 0 Å². The smallest absolute Gasteiger partial charge is 0.334 e. The molecule has 0 aliphatic carbocycles. The Bertz CT molecular complexity index is 628. The van der Waals surface area contributed by atoms with Gasteiger partial charge in [-0.3, -0.25) is 4.79 Å². The molecule has 0 spiro atoms. The lowest BCUT2D eigenvalue weighted by Crippen LogP contribution is -2.43. The molecule has 0 radical (unpaired) electrons. The predicted octanol–water partition coefficient (Wildman–Crippen LogP) is 3.38. The highest BCUT2D eigenvalue weighted by Crippen LogP contribution is 2.51. The summed E-state index contributed by atoms with van der Waals surface area (Å²) in [5.41, 5.74) is -0.104. The van der Waals surface area contributed by atoms with Gasteiger partial charge in [0.25, 0.3) is 0 Å². The van der Waals surface area contributed by atoms with Gasteiger partial charge in [-0.1, -0.05) is 27.4 Å². The van der Waals surface area contributed by atoms with Gasteiger partial charge in [0.05, 0.1) is 17.4 Å². The molecule has 0 aromatic heterocycles. The van der Waals surface area contributed by atoms with Crippen molar-refractivity contribution in [3.05, 3.63) is 12.2 Å². The Morgan fingerprint density at radius 2 is 2.07 bits per heavy atom. The van der Waals surface area contributed by atoms with E-state index in [2.05, 4.69) is 13.5 Å². The molecule has 3 aliphatic rings. The Morgan fingerprint density at radius 3 is 2.70 bits per heavy atom. The zero-order valence-electron chi connectivity index (χ0n) is 17.1. The van der Waals surface area contributed by atoms with Gasteiger partial charge in [-0.15, -0.1) is 0 Å².